The van der Waals surface area contributed by atoms with Crippen molar-refractivity contribution in [2.75, 3.05) is 7.11 Å². The van der Waals surface area contributed by atoms with Gasteiger partial charge in [0.05, 0.1) is 0 Å². The number of fused-ring (bicyclic) bond motifs is 1. The Labute approximate surface area is 173 Å². The van der Waals surface area contributed by atoms with E-state index in [1.807, 2.05) is 18.6 Å². The van der Waals surface area contributed by atoms with E-state index in [1.165, 1.54) is 37.4 Å². The zero-order chi connectivity index (χ0) is 22.3. The summed E-state index contributed by atoms with van der Waals surface area (Å²) in [5.74, 6) is -0.401. The average Bonchev–Trinajstić information content (AvgIpc) is 3.11. The number of hydrogen-bond donors (Lipinski definition) is 2. The number of carbonyl (C=O) groups excluding carboxylic acids is 1. The Bertz CT molecular complexity index is 1340. The fraction of sp³-hybridized carbons (Fsp3) is 0.211. The number of methoxy groups -OCH3 is 1. The highest BCUT2D eigenvalue weighted by molar-refractivity contribution is 7.92. The molecule has 1 amide bonds. The van der Waals surface area contributed by atoms with Crippen LogP contribution in [0.25, 0.3) is 11.0 Å². The van der Waals surface area contributed by atoms with E-state index in [2.05, 4.69) is 0 Å². The number of benzene rings is 2. The second kappa shape index (κ2) is 7.51. The number of nitrogens with two attached hydrogens (primary N) is 1. The molecule has 0 radical (unpaired) electrons. The summed E-state index contributed by atoms with van der Waals surface area (Å²) in [7, 11) is -7.28. The molecule has 0 atom stereocenters. The molecular weight excluding hydrogens is 432 g/mol. The van der Waals surface area contributed by atoms with Crippen molar-refractivity contribution in [3.8, 4) is 0 Å². The lowest BCUT2D eigenvalue weighted by Crippen LogP contribution is -2.32. The Hall–Kier alpha value is -2.73. The summed E-state index contributed by atoms with van der Waals surface area (Å²) in [4.78, 5) is 11.3. The number of furan rings is 1. The van der Waals surface area contributed by atoms with Crippen LogP contribution in [-0.4, -0.2) is 29.9 Å². The topological polar surface area (TPSA) is 146 Å². The molecule has 160 valence electrons. The summed E-state index contributed by atoms with van der Waals surface area (Å²) < 4.78 is 61.6. The Morgan fingerprint density at radius 2 is 1.67 bits per heavy atom. The highest BCUT2D eigenvalue weighted by Crippen LogP contribution is 2.30. The number of hydrogen-bond acceptors (Lipinski definition) is 7. The summed E-state index contributed by atoms with van der Waals surface area (Å²) in [6.45, 7) is 3.63. The molecule has 9 nitrogen and oxygen atoms in total. The van der Waals surface area contributed by atoms with E-state index < -0.39 is 41.3 Å². The number of carbonyl (C=O) groups is 1. The zero-order valence-corrected chi connectivity index (χ0v) is 18.0. The van der Waals surface area contributed by atoms with Gasteiger partial charge in [0.1, 0.15) is 26.7 Å². The van der Waals surface area contributed by atoms with Gasteiger partial charge >= 0.3 is 0 Å². The van der Waals surface area contributed by atoms with E-state index in [4.69, 9.17) is 14.3 Å². The maximum atomic E-state index is 12.6. The average molecular weight is 453 g/mol. The van der Waals surface area contributed by atoms with Gasteiger partial charge in [-0.15, -0.1) is 0 Å². The minimum atomic E-state index is -4.50. The second-order valence-electron chi connectivity index (χ2n) is 7.00. The molecule has 2 aromatic carbocycles. The molecule has 1 heterocycles. The predicted molar refractivity (Wildman–Crippen MR) is 109 cm³/mol. The molecule has 0 saturated carbocycles. The van der Waals surface area contributed by atoms with Crippen molar-refractivity contribution in [3.63, 3.8) is 0 Å². The van der Waals surface area contributed by atoms with Crippen LogP contribution in [0.4, 0.5) is 0 Å². The Kier molecular flexibility index (Phi) is 5.50. The molecule has 0 saturated heterocycles. The van der Waals surface area contributed by atoms with Gasteiger partial charge in [-0.3, -0.25) is 4.79 Å². The first kappa shape index (κ1) is 22.0. The molecular formula is C19H20N2O7S2. The first-order chi connectivity index (χ1) is 13.8. The van der Waals surface area contributed by atoms with Gasteiger partial charge < -0.3 is 9.15 Å². The molecule has 0 spiro atoms. The summed E-state index contributed by atoms with van der Waals surface area (Å²) in [5, 5.41) is 5.66. The van der Waals surface area contributed by atoms with Crippen LogP contribution in [0.1, 0.15) is 30.0 Å². The van der Waals surface area contributed by atoms with Gasteiger partial charge in [0, 0.05) is 18.1 Å². The highest BCUT2D eigenvalue weighted by atomic mass is 32.2. The van der Waals surface area contributed by atoms with Crippen LogP contribution in [0.5, 0.6) is 0 Å². The van der Waals surface area contributed by atoms with E-state index in [0.29, 0.717) is 16.7 Å². The maximum absolute atomic E-state index is 12.6. The molecule has 1 aromatic heterocycles. The van der Waals surface area contributed by atoms with Crippen LogP contribution in [0, 0.1) is 0 Å². The van der Waals surface area contributed by atoms with Gasteiger partial charge in [-0.2, -0.15) is 0 Å². The number of rotatable bonds is 6. The van der Waals surface area contributed by atoms with E-state index >= 15 is 0 Å². The Morgan fingerprint density at radius 1 is 1.03 bits per heavy atom. The number of amides is 1. The second-order valence-corrected chi connectivity index (χ2v) is 10.2. The smallest absolute Gasteiger partial charge is 0.265 e. The lowest BCUT2D eigenvalue weighted by Gasteiger charge is -2.19. The molecule has 0 fully saturated rings. The van der Waals surface area contributed by atoms with Crippen molar-refractivity contribution in [3.05, 3.63) is 59.9 Å². The third-order valence-corrected chi connectivity index (χ3v) is 7.04. The molecule has 3 aromatic rings. The molecule has 0 aliphatic heterocycles. The summed E-state index contributed by atoms with van der Waals surface area (Å²) in [5.41, 5.74) is -0.154. The monoisotopic (exact) mass is 452 g/mol. The van der Waals surface area contributed by atoms with Crippen molar-refractivity contribution in [1.29, 1.82) is 0 Å². The fourth-order valence-electron chi connectivity index (χ4n) is 2.73. The Balaban J connectivity index is 1.95. The van der Waals surface area contributed by atoms with Crippen molar-refractivity contribution in [2.45, 2.75) is 29.2 Å². The maximum Gasteiger partial charge on any atom is 0.265 e. The predicted octanol–water partition coefficient (Wildman–Crippen LogP) is 2.08. The van der Waals surface area contributed by atoms with Crippen LogP contribution in [0.15, 0.2) is 62.7 Å². The number of primary sulfonamides is 1. The summed E-state index contributed by atoms with van der Waals surface area (Å²) in [6, 6.07) is 10.8. The lowest BCUT2D eigenvalue weighted by atomic mass is 10.1. The van der Waals surface area contributed by atoms with Gasteiger partial charge in [-0.1, -0.05) is 12.1 Å². The molecule has 30 heavy (non-hydrogen) atoms. The van der Waals surface area contributed by atoms with Crippen molar-refractivity contribution < 1.29 is 30.8 Å². The van der Waals surface area contributed by atoms with E-state index in [9.17, 15) is 21.6 Å². The normalized spacial score (nSPS) is 12.8. The SMILES string of the molecule is COC(C)(C)c1cc2cc(C(=O)NS(=O)(=O)c3ccccc3S(N)(=O)=O)ccc2o1. The van der Waals surface area contributed by atoms with Gasteiger partial charge in [0.25, 0.3) is 15.9 Å². The molecule has 3 rings (SSSR count). The minimum absolute atomic E-state index is 0.0433. The number of ether oxygens (including phenoxy) is 1. The first-order valence-electron chi connectivity index (χ1n) is 8.63. The quantitative estimate of drug-likeness (QED) is 0.582. The van der Waals surface area contributed by atoms with Crippen LogP contribution in [0.3, 0.4) is 0 Å². The third-order valence-electron chi connectivity index (χ3n) is 4.55. The molecule has 0 aliphatic carbocycles. The molecule has 0 aliphatic rings. The lowest BCUT2D eigenvalue weighted by molar-refractivity contribution is 0.00212. The minimum Gasteiger partial charge on any atom is -0.458 e. The summed E-state index contributed by atoms with van der Waals surface area (Å²) >= 11 is 0. The van der Waals surface area contributed by atoms with E-state index in [1.54, 1.807) is 6.07 Å². The number of sulfonamides is 2. The summed E-state index contributed by atoms with van der Waals surface area (Å²) in [6.07, 6.45) is 0. The van der Waals surface area contributed by atoms with Crippen LogP contribution < -0.4 is 9.86 Å². The van der Waals surface area contributed by atoms with Crippen LogP contribution in [-0.2, 0) is 30.4 Å². The van der Waals surface area contributed by atoms with Crippen molar-refractivity contribution >= 4 is 36.9 Å². The van der Waals surface area contributed by atoms with Crippen LogP contribution in [0.2, 0.25) is 0 Å². The van der Waals surface area contributed by atoms with Gasteiger partial charge in [0.15, 0.2) is 0 Å². The van der Waals surface area contributed by atoms with Gasteiger partial charge in [0.2, 0.25) is 10.0 Å². The molecule has 0 bridgehead atoms. The third kappa shape index (κ3) is 4.24. The van der Waals surface area contributed by atoms with E-state index in [0.717, 1.165) is 12.1 Å². The largest absolute Gasteiger partial charge is 0.458 e. The fourth-order valence-corrected chi connectivity index (χ4v) is 5.08. The Morgan fingerprint density at radius 3 is 2.27 bits per heavy atom. The van der Waals surface area contributed by atoms with Gasteiger partial charge in [-0.25, -0.2) is 26.7 Å². The molecule has 11 heteroatoms. The van der Waals surface area contributed by atoms with Crippen molar-refractivity contribution in [1.82, 2.24) is 4.72 Å². The van der Waals surface area contributed by atoms with E-state index in [-0.39, 0.29) is 5.56 Å². The standard InChI is InChI=1S/C19H20N2O7S2/c1-19(2,27-3)17-11-13-10-12(8-9-14(13)28-17)18(22)21-30(25,26)16-7-5-4-6-15(16)29(20,23)24/h4-11H,1-3H3,(H,21,22)(H2,20,23,24). The molecule has 0 unspecified atom stereocenters. The number of nitrogens with one attached hydrogen (secondary N) is 1. The van der Waals surface area contributed by atoms with Crippen molar-refractivity contribution in [2.24, 2.45) is 5.14 Å². The van der Waals surface area contributed by atoms with Gasteiger partial charge in [-0.05, 0) is 50.2 Å². The first-order valence-corrected chi connectivity index (χ1v) is 11.7. The van der Waals surface area contributed by atoms with Crippen LogP contribution >= 0.6 is 0 Å². The highest BCUT2D eigenvalue weighted by Gasteiger charge is 2.27. The zero-order valence-electron chi connectivity index (χ0n) is 16.4. The molecule has 3 N–H and O–H groups in total.